The highest BCUT2D eigenvalue weighted by atomic mass is 35.5. The predicted octanol–water partition coefficient (Wildman–Crippen LogP) is 3.03. The van der Waals surface area contributed by atoms with E-state index < -0.39 is 11.6 Å². The quantitative estimate of drug-likeness (QED) is 0.694. The van der Waals surface area contributed by atoms with Gasteiger partial charge in [0.15, 0.2) is 11.6 Å². The summed E-state index contributed by atoms with van der Waals surface area (Å²) < 4.78 is 30.8. The Morgan fingerprint density at radius 3 is 2.71 bits per heavy atom. The molecule has 21 heavy (non-hydrogen) atoms. The van der Waals surface area contributed by atoms with Crippen LogP contribution in [0, 0.1) is 11.6 Å². The minimum absolute atomic E-state index is 0.137. The molecule has 0 bridgehead atoms. The van der Waals surface area contributed by atoms with Crippen LogP contribution in [-0.2, 0) is 25.9 Å². The van der Waals surface area contributed by atoms with Crippen LogP contribution in [-0.4, -0.2) is 19.3 Å². The Balaban J connectivity index is 2.01. The number of fused-ring (bicyclic) bond motifs is 1. The summed E-state index contributed by atoms with van der Waals surface area (Å²) in [5.74, 6) is -1.12. The minimum atomic E-state index is -0.891. The monoisotopic (exact) mass is 310 g/mol. The fourth-order valence-corrected chi connectivity index (χ4v) is 2.57. The molecule has 0 aliphatic heterocycles. The average molecular weight is 311 g/mol. The molecule has 0 atom stereocenters. The van der Waals surface area contributed by atoms with Crippen molar-refractivity contribution in [3.63, 3.8) is 0 Å². The van der Waals surface area contributed by atoms with E-state index in [-0.39, 0.29) is 11.4 Å². The Hall–Kier alpha value is -1.95. The molecule has 0 amide bonds. The van der Waals surface area contributed by atoms with Crippen LogP contribution in [0.25, 0.3) is 11.0 Å². The van der Waals surface area contributed by atoms with Crippen LogP contribution >= 0.6 is 11.6 Å². The van der Waals surface area contributed by atoms with Gasteiger partial charge in [-0.25, -0.2) is 13.8 Å². The van der Waals surface area contributed by atoms with Gasteiger partial charge < -0.3 is 4.57 Å². The second kappa shape index (κ2) is 5.44. The van der Waals surface area contributed by atoms with Gasteiger partial charge in [0.25, 0.3) is 0 Å². The first kappa shape index (κ1) is 14.0. The van der Waals surface area contributed by atoms with Crippen LogP contribution in [0.4, 0.5) is 8.78 Å². The van der Waals surface area contributed by atoms with Crippen molar-refractivity contribution in [3.8, 4) is 0 Å². The molecule has 110 valence electrons. The maximum absolute atomic E-state index is 14.0. The smallest absolute Gasteiger partial charge is 0.184 e. The Morgan fingerprint density at radius 1 is 1.24 bits per heavy atom. The molecule has 4 nitrogen and oxygen atoms in total. The Labute approximate surface area is 125 Å². The number of aromatic nitrogens is 4. The highest BCUT2D eigenvalue weighted by molar-refractivity contribution is 6.16. The van der Waals surface area contributed by atoms with Crippen LogP contribution < -0.4 is 0 Å². The zero-order chi connectivity index (χ0) is 15.0. The van der Waals surface area contributed by atoms with E-state index in [1.54, 1.807) is 9.25 Å². The van der Waals surface area contributed by atoms with E-state index in [4.69, 9.17) is 11.6 Å². The van der Waals surface area contributed by atoms with Crippen molar-refractivity contribution in [2.24, 2.45) is 7.05 Å². The van der Waals surface area contributed by atoms with Crippen molar-refractivity contribution in [1.82, 2.24) is 19.3 Å². The summed E-state index contributed by atoms with van der Waals surface area (Å²) in [7, 11) is 1.83. The van der Waals surface area contributed by atoms with Gasteiger partial charge in [0.1, 0.15) is 11.3 Å². The van der Waals surface area contributed by atoms with Crippen LogP contribution in [0.5, 0.6) is 0 Å². The lowest BCUT2D eigenvalue weighted by atomic mass is 10.2. The number of nitrogens with zero attached hydrogens (tertiary/aromatic N) is 4. The van der Waals surface area contributed by atoms with E-state index in [0.717, 1.165) is 11.8 Å². The van der Waals surface area contributed by atoms with Crippen LogP contribution in [0.1, 0.15) is 11.5 Å². The van der Waals surface area contributed by atoms with Crippen LogP contribution in [0.3, 0.4) is 0 Å². The molecule has 7 heteroatoms. The van der Waals surface area contributed by atoms with Gasteiger partial charge in [-0.15, -0.1) is 11.6 Å². The lowest BCUT2D eigenvalue weighted by Crippen LogP contribution is -2.07. The van der Waals surface area contributed by atoms with Gasteiger partial charge in [-0.05, 0) is 18.2 Å². The second-order valence-corrected chi connectivity index (χ2v) is 5.04. The fourth-order valence-electron chi connectivity index (χ4n) is 2.37. The van der Waals surface area contributed by atoms with Gasteiger partial charge in [-0.3, -0.25) is 4.68 Å². The summed E-state index contributed by atoms with van der Waals surface area (Å²) >= 11 is 5.86. The average Bonchev–Trinajstić information content (AvgIpc) is 3.04. The molecular formula is C14H13ClF2N4. The molecule has 3 aromatic rings. The van der Waals surface area contributed by atoms with Crippen molar-refractivity contribution >= 4 is 22.6 Å². The maximum atomic E-state index is 14.0. The van der Waals surface area contributed by atoms with Crippen LogP contribution in [0.15, 0.2) is 24.4 Å². The van der Waals surface area contributed by atoms with Gasteiger partial charge in [-0.1, -0.05) is 0 Å². The molecule has 0 aliphatic rings. The fraction of sp³-hybridized carbons (Fsp3) is 0.286. The van der Waals surface area contributed by atoms with E-state index in [2.05, 4.69) is 10.1 Å². The van der Waals surface area contributed by atoms with Gasteiger partial charge in [-0.2, -0.15) is 5.10 Å². The highest BCUT2D eigenvalue weighted by Gasteiger charge is 2.17. The zero-order valence-corrected chi connectivity index (χ0v) is 12.1. The van der Waals surface area contributed by atoms with Gasteiger partial charge in [0.2, 0.25) is 0 Å². The Bertz CT molecular complexity index is 794. The molecule has 2 aromatic heterocycles. The van der Waals surface area contributed by atoms with Gasteiger partial charge in [0, 0.05) is 26.2 Å². The van der Waals surface area contributed by atoms with E-state index in [0.29, 0.717) is 24.3 Å². The van der Waals surface area contributed by atoms with Crippen molar-refractivity contribution in [2.75, 3.05) is 0 Å². The number of aryl methyl sites for hydroxylation is 3. The third kappa shape index (κ3) is 2.51. The van der Waals surface area contributed by atoms with Crippen molar-refractivity contribution in [2.45, 2.75) is 18.8 Å². The van der Waals surface area contributed by atoms with Gasteiger partial charge >= 0.3 is 0 Å². The first-order valence-corrected chi connectivity index (χ1v) is 7.01. The number of hydrogen-bond donors (Lipinski definition) is 0. The number of rotatable bonds is 4. The molecule has 0 unspecified atom stereocenters. The third-order valence-corrected chi connectivity index (χ3v) is 3.60. The summed E-state index contributed by atoms with van der Waals surface area (Å²) in [4.78, 5) is 4.25. The molecule has 2 heterocycles. The van der Waals surface area contributed by atoms with E-state index in [9.17, 15) is 8.78 Å². The SMILES string of the molecule is Cn1ccc(CCn2c(CCl)nc3ccc(F)c(F)c32)n1. The second-order valence-electron chi connectivity index (χ2n) is 4.77. The standard InChI is InChI=1S/C14H13ClF2N4/c1-20-6-4-9(19-20)5-7-21-12(8-15)18-11-3-2-10(16)13(17)14(11)21/h2-4,6H,5,7-8H2,1H3. The zero-order valence-electron chi connectivity index (χ0n) is 11.4. The molecule has 3 rings (SSSR count). The summed E-state index contributed by atoms with van der Waals surface area (Å²) in [5, 5.41) is 4.27. The number of alkyl halides is 1. The molecule has 0 fully saturated rings. The summed E-state index contributed by atoms with van der Waals surface area (Å²) in [6, 6.07) is 4.42. The molecule has 0 radical (unpaired) electrons. The lowest BCUT2D eigenvalue weighted by molar-refractivity contribution is 0.510. The lowest BCUT2D eigenvalue weighted by Gasteiger charge is -2.07. The molecular weight excluding hydrogens is 298 g/mol. The van der Waals surface area contributed by atoms with E-state index in [1.807, 2.05) is 19.3 Å². The molecule has 0 spiro atoms. The Kier molecular flexibility index (Phi) is 3.63. The number of imidazole rings is 1. The number of benzene rings is 1. The predicted molar refractivity (Wildman–Crippen MR) is 76.1 cm³/mol. The molecule has 0 saturated heterocycles. The topological polar surface area (TPSA) is 35.6 Å². The van der Waals surface area contributed by atoms with Crippen molar-refractivity contribution in [1.29, 1.82) is 0 Å². The third-order valence-electron chi connectivity index (χ3n) is 3.36. The van der Waals surface area contributed by atoms with Crippen molar-refractivity contribution < 1.29 is 8.78 Å². The first-order chi connectivity index (χ1) is 10.1. The number of hydrogen-bond acceptors (Lipinski definition) is 2. The molecule has 1 aromatic carbocycles. The van der Waals surface area contributed by atoms with E-state index in [1.165, 1.54) is 6.07 Å². The molecule has 0 saturated carbocycles. The summed E-state index contributed by atoms with van der Waals surface area (Å²) in [6.45, 7) is 0.440. The highest BCUT2D eigenvalue weighted by Crippen LogP contribution is 2.23. The summed E-state index contributed by atoms with van der Waals surface area (Å²) in [5.41, 5.74) is 1.43. The van der Waals surface area contributed by atoms with Crippen molar-refractivity contribution in [3.05, 3.63) is 47.5 Å². The largest absolute Gasteiger partial charge is 0.324 e. The number of halogens is 3. The Morgan fingerprint density at radius 2 is 2.05 bits per heavy atom. The normalized spacial score (nSPS) is 11.4. The van der Waals surface area contributed by atoms with Gasteiger partial charge in [0.05, 0.1) is 17.1 Å². The van der Waals surface area contributed by atoms with E-state index >= 15 is 0 Å². The minimum Gasteiger partial charge on any atom is -0.324 e. The van der Waals surface area contributed by atoms with Crippen LogP contribution in [0.2, 0.25) is 0 Å². The summed E-state index contributed by atoms with van der Waals surface area (Å²) in [6.07, 6.45) is 2.43. The molecule has 0 N–H and O–H groups in total. The molecule has 0 aliphatic carbocycles. The first-order valence-electron chi connectivity index (χ1n) is 6.47. The maximum Gasteiger partial charge on any atom is 0.184 e.